The molecule has 0 N–H and O–H groups in total. The van der Waals surface area contributed by atoms with E-state index in [-0.39, 0.29) is 17.1 Å². The van der Waals surface area contributed by atoms with Crippen LogP contribution in [0.1, 0.15) is 44.8 Å². The van der Waals surface area contributed by atoms with Crippen LogP contribution < -0.4 is 4.74 Å². The fourth-order valence-electron chi connectivity index (χ4n) is 5.25. The van der Waals surface area contributed by atoms with Crippen LogP contribution in [0.15, 0.2) is 35.7 Å². The predicted octanol–water partition coefficient (Wildman–Crippen LogP) is 4.50. The zero-order valence-electron chi connectivity index (χ0n) is 15.8. The van der Waals surface area contributed by atoms with Gasteiger partial charge in [0.2, 0.25) is 0 Å². The number of nitrogens with zero attached hydrogens (tertiary/aromatic N) is 6. The van der Waals surface area contributed by atoms with Gasteiger partial charge < -0.3 is 9.47 Å². The zero-order chi connectivity index (χ0) is 19.0. The molecule has 0 radical (unpaired) electrons. The Morgan fingerprint density at radius 3 is 2.86 bits per heavy atom. The van der Waals surface area contributed by atoms with E-state index in [1.54, 1.807) is 12.4 Å². The van der Waals surface area contributed by atoms with E-state index >= 15 is 0 Å². The Kier molecular flexibility index (Phi) is 4.25. The quantitative estimate of drug-likeness (QED) is 0.401. The van der Waals surface area contributed by atoms with E-state index in [2.05, 4.69) is 20.1 Å². The first kappa shape index (κ1) is 17.5. The van der Waals surface area contributed by atoms with Gasteiger partial charge in [-0.2, -0.15) is 5.10 Å². The molecule has 146 valence electrons. The summed E-state index contributed by atoms with van der Waals surface area (Å²) in [4.78, 5) is 7.47. The SMILES string of the molecule is [N-]=[N+]=NCC12CC(COc3ccc(-c4ccnn4C4CCCCO4)nc3)(C1)C2. The molecule has 6 rings (SSSR count). The second-order valence-corrected chi connectivity index (χ2v) is 8.57. The Morgan fingerprint density at radius 1 is 1.25 bits per heavy atom. The molecular formula is C20H24N6O2. The summed E-state index contributed by atoms with van der Waals surface area (Å²) in [6, 6.07) is 5.94. The van der Waals surface area contributed by atoms with Gasteiger partial charge in [0.05, 0.1) is 24.2 Å². The predicted molar refractivity (Wildman–Crippen MR) is 103 cm³/mol. The Balaban J connectivity index is 1.20. The van der Waals surface area contributed by atoms with E-state index in [0.29, 0.717) is 13.2 Å². The van der Waals surface area contributed by atoms with Crippen LogP contribution in [0.2, 0.25) is 0 Å². The van der Waals surface area contributed by atoms with Crippen molar-refractivity contribution in [2.75, 3.05) is 19.8 Å². The first-order valence-corrected chi connectivity index (χ1v) is 9.96. The molecule has 8 nitrogen and oxygen atoms in total. The molecular weight excluding hydrogens is 356 g/mol. The molecule has 3 heterocycles. The highest BCUT2D eigenvalue weighted by molar-refractivity contribution is 5.54. The van der Waals surface area contributed by atoms with Gasteiger partial charge in [-0.05, 0) is 67.7 Å². The molecule has 0 spiro atoms. The van der Waals surface area contributed by atoms with Gasteiger partial charge in [0, 0.05) is 29.7 Å². The van der Waals surface area contributed by atoms with Crippen molar-refractivity contribution < 1.29 is 9.47 Å². The van der Waals surface area contributed by atoms with Crippen LogP contribution in [0, 0.1) is 10.8 Å². The van der Waals surface area contributed by atoms with Gasteiger partial charge in [-0.25, -0.2) is 4.68 Å². The van der Waals surface area contributed by atoms with E-state index in [4.69, 9.17) is 15.0 Å². The van der Waals surface area contributed by atoms with Crippen LogP contribution in [-0.2, 0) is 4.74 Å². The highest BCUT2D eigenvalue weighted by atomic mass is 16.5. The van der Waals surface area contributed by atoms with Crippen molar-refractivity contribution in [1.82, 2.24) is 14.8 Å². The van der Waals surface area contributed by atoms with Gasteiger partial charge in [-0.3, -0.25) is 4.98 Å². The normalized spacial score (nSPS) is 30.6. The minimum absolute atomic E-state index is 0.00144. The average Bonchev–Trinajstić information content (AvgIpc) is 3.17. The van der Waals surface area contributed by atoms with Crippen LogP contribution in [0.3, 0.4) is 0 Å². The first-order valence-electron chi connectivity index (χ1n) is 9.96. The minimum atomic E-state index is -0.00144. The van der Waals surface area contributed by atoms with E-state index < -0.39 is 0 Å². The van der Waals surface area contributed by atoms with Gasteiger partial charge in [0.1, 0.15) is 5.75 Å². The fourth-order valence-corrected chi connectivity index (χ4v) is 5.25. The van der Waals surface area contributed by atoms with E-state index in [1.807, 2.05) is 22.9 Å². The highest BCUT2D eigenvalue weighted by Gasteiger charge is 2.67. The average molecular weight is 380 g/mol. The third-order valence-electron chi connectivity index (χ3n) is 6.36. The molecule has 0 amide bonds. The van der Waals surface area contributed by atoms with Crippen molar-refractivity contribution in [2.45, 2.75) is 44.8 Å². The lowest BCUT2D eigenvalue weighted by molar-refractivity contribution is -0.211. The Morgan fingerprint density at radius 2 is 2.14 bits per heavy atom. The molecule has 1 aliphatic heterocycles. The van der Waals surface area contributed by atoms with Crippen LogP contribution in [0.4, 0.5) is 0 Å². The lowest BCUT2D eigenvalue weighted by Gasteiger charge is -2.70. The fraction of sp³-hybridized carbons (Fsp3) is 0.600. The number of pyridine rings is 1. The number of aromatic nitrogens is 3. The van der Waals surface area contributed by atoms with Crippen LogP contribution in [-0.4, -0.2) is 34.5 Å². The minimum Gasteiger partial charge on any atom is -0.491 e. The largest absolute Gasteiger partial charge is 0.491 e. The second-order valence-electron chi connectivity index (χ2n) is 8.57. The zero-order valence-corrected chi connectivity index (χ0v) is 15.8. The van der Waals surface area contributed by atoms with E-state index in [0.717, 1.165) is 62.3 Å². The number of hydrogen-bond donors (Lipinski definition) is 0. The molecule has 2 bridgehead atoms. The molecule has 3 aliphatic carbocycles. The molecule has 1 atom stereocenters. The van der Waals surface area contributed by atoms with Gasteiger partial charge in [0.25, 0.3) is 0 Å². The summed E-state index contributed by atoms with van der Waals surface area (Å²) >= 11 is 0. The molecule has 1 unspecified atom stereocenters. The Labute approximate surface area is 163 Å². The second kappa shape index (κ2) is 6.79. The van der Waals surface area contributed by atoms with Crippen molar-refractivity contribution in [1.29, 1.82) is 0 Å². The van der Waals surface area contributed by atoms with Crippen LogP contribution in [0.5, 0.6) is 5.75 Å². The monoisotopic (exact) mass is 380 g/mol. The summed E-state index contributed by atoms with van der Waals surface area (Å²) in [5.74, 6) is 0.789. The van der Waals surface area contributed by atoms with Crippen molar-refractivity contribution in [3.8, 4) is 17.1 Å². The number of ether oxygens (including phenoxy) is 2. The smallest absolute Gasteiger partial charge is 0.150 e. The molecule has 4 fully saturated rings. The summed E-state index contributed by atoms with van der Waals surface area (Å²) in [6.45, 7) is 2.12. The Bertz CT molecular complexity index is 876. The van der Waals surface area contributed by atoms with Gasteiger partial charge in [-0.15, -0.1) is 0 Å². The third kappa shape index (κ3) is 3.02. The van der Waals surface area contributed by atoms with E-state index in [1.165, 1.54) is 0 Å². The molecule has 2 aromatic heterocycles. The molecule has 0 aromatic carbocycles. The maximum atomic E-state index is 8.48. The van der Waals surface area contributed by atoms with Crippen LogP contribution in [0.25, 0.3) is 21.8 Å². The standard InChI is InChI=1S/C20H24N6O2/c21-25-23-13-19-10-20(11-19,12-19)14-28-15-4-5-16(22-9-15)17-6-7-24-26(17)18-3-1-2-8-27-18/h4-7,9,18H,1-3,8,10-14H2. The summed E-state index contributed by atoms with van der Waals surface area (Å²) in [5, 5.41) is 8.19. The van der Waals surface area contributed by atoms with Crippen LogP contribution >= 0.6 is 0 Å². The molecule has 8 heteroatoms. The molecule has 4 aliphatic rings. The van der Waals surface area contributed by atoms with Crippen molar-refractivity contribution in [3.05, 3.63) is 41.0 Å². The van der Waals surface area contributed by atoms with Gasteiger partial charge in [-0.1, -0.05) is 5.11 Å². The van der Waals surface area contributed by atoms with Crippen molar-refractivity contribution >= 4 is 0 Å². The Hall–Kier alpha value is -2.57. The molecule has 2 aromatic rings. The van der Waals surface area contributed by atoms with Crippen molar-refractivity contribution in [2.24, 2.45) is 15.9 Å². The number of hydrogen-bond acceptors (Lipinski definition) is 5. The topological polar surface area (TPSA) is 97.9 Å². The maximum Gasteiger partial charge on any atom is 0.150 e. The summed E-state index contributed by atoms with van der Waals surface area (Å²) < 4.78 is 13.8. The number of rotatable bonds is 7. The van der Waals surface area contributed by atoms with Gasteiger partial charge >= 0.3 is 0 Å². The number of azide groups is 1. The summed E-state index contributed by atoms with van der Waals surface area (Å²) in [6.07, 6.45) is 10.2. The molecule has 3 saturated carbocycles. The first-order chi connectivity index (χ1) is 13.7. The lowest BCUT2D eigenvalue weighted by Crippen LogP contribution is -2.65. The van der Waals surface area contributed by atoms with Gasteiger partial charge in [0.15, 0.2) is 6.23 Å². The summed E-state index contributed by atoms with van der Waals surface area (Å²) in [5.41, 5.74) is 10.9. The third-order valence-corrected chi connectivity index (χ3v) is 6.36. The molecule has 28 heavy (non-hydrogen) atoms. The molecule has 1 saturated heterocycles. The summed E-state index contributed by atoms with van der Waals surface area (Å²) in [7, 11) is 0. The highest BCUT2D eigenvalue weighted by Crippen LogP contribution is 2.73. The van der Waals surface area contributed by atoms with Crippen molar-refractivity contribution in [3.63, 3.8) is 0 Å². The van der Waals surface area contributed by atoms with E-state index in [9.17, 15) is 0 Å². The maximum absolute atomic E-state index is 8.48. The lowest BCUT2D eigenvalue weighted by atomic mass is 9.35.